The molecule has 0 atom stereocenters. The van der Waals surface area contributed by atoms with Crippen LogP contribution in [0.1, 0.15) is 26.2 Å². The van der Waals surface area contributed by atoms with Gasteiger partial charge in [-0.3, -0.25) is 0 Å². The quantitative estimate of drug-likeness (QED) is 0.522. The summed E-state index contributed by atoms with van der Waals surface area (Å²) in [6.45, 7) is 4.23. The smallest absolute Gasteiger partial charge is 0.0555 e. The van der Waals surface area contributed by atoms with Gasteiger partial charge in [-0.1, -0.05) is 19.8 Å². The first-order chi connectivity index (χ1) is 4.41. The fourth-order valence-electron chi connectivity index (χ4n) is 0.704. The summed E-state index contributed by atoms with van der Waals surface area (Å²) in [6.07, 6.45) is 3.79. The molecule has 0 spiro atoms. The van der Waals surface area contributed by atoms with Crippen LogP contribution >= 0.6 is 0 Å². The van der Waals surface area contributed by atoms with E-state index in [1.54, 1.807) is 0 Å². The molecular formula is C7H17NO. The summed E-state index contributed by atoms with van der Waals surface area (Å²) in [5.74, 6) is 0. The number of aliphatic hydroxyl groups excluding tert-OH is 1. The second-order valence-electron chi connectivity index (χ2n) is 2.18. The predicted molar refractivity (Wildman–Crippen MR) is 39.5 cm³/mol. The number of nitrogens with one attached hydrogen (secondary N) is 1. The van der Waals surface area contributed by atoms with Crippen molar-refractivity contribution < 1.29 is 5.11 Å². The number of unbranched alkanes of at least 4 members (excludes halogenated alkanes) is 2. The van der Waals surface area contributed by atoms with E-state index in [1.165, 1.54) is 19.3 Å². The Labute approximate surface area is 57.3 Å². The van der Waals surface area contributed by atoms with Gasteiger partial charge >= 0.3 is 0 Å². The maximum absolute atomic E-state index is 8.36. The Hall–Kier alpha value is -0.0800. The van der Waals surface area contributed by atoms with Gasteiger partial charge in [0.2, 0.25) is 0 Å². The van der Waals surface area contributed by atoms with E-state index < -0.39 is 0 Å². The molecule has 0 unspecified atom stereocenters. The normalized spacial score (nSPS) is 10.0. The molecule has 0 aromatic carbocycles. The molecule has 0 saturated carbocycles. The van der Waals surface area contributed by atoms with E-state index in [1.807, 2.05) is 0 Å². The highest BCUT2D eigenvalue weighted by atomic mass is 16.3. The monoisotopic (exact) mass is 131 g/mol. The standard InChI is InChI=1S/C7H17NO/c1-2-3-4-5-8-6-7-9/h8-9H,2-7H2,1H3. The van der Waals surface area contributed by atoms with Crippen LogP contribution in [0.15, 0.2) is 0 Å². The average molecular weight is 131 g/mol. The van der Waals surface area contributed by atoms with Gasteiger partial charge in [0.1, 0.15) is 0 Å². The third kappa shape index (κ3) is 7.92. The Balaban J connectivity index is 2.60. The van der Waals surface area contributed by atoms with Crippen LogP contribution < -0.4 is 5.32 Å². The van der Waals surface area contributed by atoms with Gasteiger partial charge in [-0.2, -0.15) is 0 Å². The molecule has 0 radical (unpaired) electrons. The number of rotatable bonds is 6. The van der Waals surface area contributed by atoms with Crippen molar-refractivity contribution in [2.24, 2.45) is 0 Å². The Morgan fingerprint density at radius 3 is 2.56 bits per heavy atom. The average Bonchev–Trinajstić information content (AvgIpc) is 1.89. The SMILES string of the molecule is CCCCCNCCO. The summed E-state index contributed by atoms with van der Waals surface area (Å²) in [4.78, 5) is 0. The van der Waals surface area contributed by atoms with Crippen molar-refractivity contribution in [3.05, 3.63) is 0 Å². The zero-order chi connectivity index (χ0) is 6.95. The summed E-state index contributed by atoms with van der Waals surface area (Å²) in [5, 5.41) is 11.5. The third-order valence-corrected chi connectivity index (χ3v) is 1.25. The largest absolute Gasteiger partial charge is 0.395 e. The molecule has 56 valence electrons. The minimum atomic E-state index is 0.256. The van der Waals surface area contributed by atoms with Gasteiger partial charge in [-0.05, 0) is 13.0 Å². The maximum Gasteiger partial charge on any atom is 0.0555 e. The highest BCUT2D eigenvalue weighted by Crippen LogP contribution is 1.90. The lowest BCUT2D eigenvalue weighted by molar-refractivity contribution is 0.292. The molecule has 0 aliphatic heterocycles. The summed E-state index contributed by atoms with van der Waals surface area (Å²) in [6, 6.07) is 0. The van der Waals surface area contributed by atoms with Crippen molar-refractivity contribution in [3.8, 4) is 0 Å². The zero-order valence-corrected chi connectivity index (χ0v) is 6.19. The van der Waals surface area contributed by atoms with Crippen LogP contribution in [-0.4, -0.2) is 24.8 Å². The number of aliphatic hydroxyl groups is 1. The highest BCUT2D eigenvalue weighted by Gasteiger charge is 1.84. The molecule has 0 aliphatic carbocycles. The molecular weight excluding hydrogens is 114 g/mol. The summed E-state index contributed by atoms with van der Waals surface area (Å²) in [7, 11) is 0. The molecule has 0 fully saturated rings. The van der Waals surface area contributed by atoms with Gasteiger partial charge in [-0.25, -0.2) is 0 Å². The first-order valence-electron chi connectivity index (χ1n) is 3.73. The third-order valence-electron chi connectivity index (χ3n) is 1.25. The molecule has 0 amide bonds. The van der Waals surface area contributed by atoms with Crippen LogP contribution in [0.2, 0.25) is 0 Å². The van der Waals surface area contributed by atoms with Crippen LogP contribution in [0.3, 0.4) is 0 Å². The highest BCUT2D eigenvalue weighted by molar-refractivity contribution is 4.45. The topological polar surface area (TPSA) is 32.3 Å². The fraction of sp³-hybridized carbons (Fsp3) is 1.00. The van der Waals surface area contributed by atoms with Crippen LogP contribution in [0, 0.1) is 0 Å². The molecule has 0 bridgehead atoms. The Morgan fingerprint density at radius 2 is 2.00 bits per heavy atom. The van der Waals surface area contributed by atoms with Crippen molar-refractivity contribution in [1.29, 1.82) is 0 Å². The van der Waals surface area contributed by atoms with Gasteiger partial charge in [0.25, 0.3) is 0 Å². The van der Waals surface area contributed by atoms with Crippen molar-refractivity contribution in [1.82, 2.24) is 5.32 Å². The minimum absolute atomic E-state index is 0.256. The lowest BCUT2D eigenvalue weighted by Gasteiger charge is -1.99. The number of hydrogen-bond acceptors (Lipinski definition) is 2. The molecule has 2 heteroatoms. The van der Waals surface area contributed by atoms with Gasteiger partial charge < -0.3 is 10.4 Å². The minimum Gasteiger partial charge on any atom is -0.395 e. The summed E-state index contributed by atoms with van der Waals surface area (Å²) in [5.41, 5.74) is 0. The van der Waals surface area contributed by atoms with Crippen molar-refractivity contribution in [2.75, 3.05) is 19.7 Å². The first kappa shape index (κ1) is 8.92. The van der Waals surface area contributed by atoms with Gasteiger partial charge in [0.15, 0.2) is 0 Å². The van der Waals surface area contributed by atoms with Crippen molar-refractivity contribution in [2.45, 2.75) is 26.2 Å². The van der Waals surface area contributed by atoms with E-state index in [0.29, 0.717) is 0 Å². The molecule has 9 heavy (non-hydrogen) atoms. The summed E-state index contributed by atoms with van der Waals surface area (Å²) >= 11 is 0. The molecule has 0 aliphatic rings. The van der Waals surface area contributed by atoms with Crippen molar-refractivity contribution in [3.63, 3.8) is 0 Å². The van der Waals surface area contributed by atoms with E-state index in [4.69, 9.17) is 5.11 Å². The van der Waals surface area contributed by atoms with Gasteiger partial charge in [-0.15, -0.1) is 0 Å². The summed E-state index contributed by atoms with van der Waals surface area (Å²) < 4.78 is 0. The molecule has 0 saturated heterocycles. The predicted octanol–water partition coefficient (Wildman–Crippen LogP) is 0.758. The molecule has 0 aromatic heterocycles. The Bertz CT molecular complexity index is 42.2. The molecule has 0 aromatic rings. The van der Waals surface area contributed by atoms with Gasteiger partial charge in [0.05, 0.1) is 6.61 Å². The molecule has 2 nitrogen and oxygen atoms in total. The van der Waals surface area contributed by atoms with Gasteiger partial charge in [0, 0.05) is 6.54 Å². The first-order valence-corrected chi connectivity index (χ1v) is 3.73. The van der Waals surface area contributed by atoms with E-state index in [-0.39, 0.29) is 6.61 Å². The zero-order valence-electron chi connectivity index (χ0n) is 6.19. The maximum atomic E-state index is 8.36. The van der Waals surface area contributed by atoms with Crippen molar-refractivity contribution >= 4 is 0 Å². The van der Waals surface area contributed by atoms with E-state index >= 15 is 0 Å². The van der Waals surface area contributed by atoms with Crippen LogP contribution in [0.5, 0.6) is 0 Å². The Morgan fingerprint density at radius 1 is 1.22 bits per heavy atom. The van der Waals surface area contributed by atoms with Crippen LogP contribution in [-0.2, 0) is 0 Å². The van der Waals surface area contributed by atoms with Crippen LogP contribution in [0.4, 0.5) is 0 Å². The number of hydrogen-bond donors (Lipinski definition) is 2. The molecule has 2 N–H and O–H groups in total. The lowest BCUT2D eigenvalue weighted by Crippen LogP contribution is -2.19. The van der Waals surface area contributed by atoms with E-state index in [0.717, 1.165) is 13.1 Å². The molecule has 0 heterocycles. The van der Waals surface area contributed by atoms with Crippen LogP contribution in [0.25, 0.3) is 0 Å². The second kappa shape index (κ2) is 7.92. The van der Waals surface area contributed by atoms with E-state index in [2.05, 4.69) is 12.2 Å². The Kier molecular flexibility index (Phi) is 7.85. The molecule has 0 rings (SSSR count). The fourth-order valence-corrected chi connectivity index (χ4v) is 0.704. The second-order valence-corrected chi connectivity index (χ2v) is 2.18. The van der Waals surface area contributed by atoms with E-state index in [9.17, 15) is 0 Å². The lowest BCUT2D eigenvalue weighted by atomic mass is 10.2.